The number of nitrogens with one attached hydrogen (secondary N) is 1. The number of likely N-dealkylation sites (tertiary alicyclic amines) is 1. The fraction of sp³-hybridized carbons (Fsp3) is 0.300. The van der Waals surface area contributed by atoms with E-state index >= 15 is 0 Å². The Morgan fingerprint density at radius 2 is 1.78 bits per heavy atom. The van der Waals surface area contributed by atoms with Gasteiger partial charge < -0.3 is 4.90 Å². The molecular formula is C20H20F2N2O3. The largest absolute Gasteiger partial charge is 0.339 e. The zero-order chi connectivity index (χ0) is 19.2. The van der Waals surface area contributed by atoms with Gasteiger partial charge in [-0.1, -0.05) is 30.3 Å². The molecule has 7 heteroatoms. The molecular weight excluding hydrogens is 354 g/mol. The van der Waals surface area contributed by atoms with Crippen LogP contribution in [0.2, 0.25) is 0 Å². The van der Waals surface area contributed by atoms with Gasteiger partial charge in [-0.15, -0.1) is 0 Å². The Kier molecular flexibility index (Phi) is 6.13. The van der Waals surface area contributed by atoms with Crippen molar-refractivity contribution in [3.63, 3.8) is 0 Å². The van der Waals surface area contributed by atoms with Crippen molar-refractivity contribution < 1.29 is 23.2 Å². The van der Waals surface area contributed by atoms with Gasteiger partial charge in [-0.3, -0.25) is 14.4 Å². The molecule has 2 amide bonds. The van der Waals surface area contributed by atoms with Crippen molar-refractivity contribution in [1.82, 2.24) is 10.4 Å². The molecule has 1 fully saturated rings. The molecule has 0 radical (unpaired) electrons. The number of hydrogen-bond acceptors (Lipinski definition) is 3. The summed E-state index contributed by atoms with van der Waals surface area (Å²) in [6.07, 6.45) is 0.907. The Morgan fingerprint density at radius 1 is 1.07 bits per heavy atom. The monoisotopic (exact) mass is 374 g/mol. The van der Waals surface area contributed by atoms with E-state index in [-0.39, 0.29) is 24.0 Å². The molecule has 0 aliphatic carbocycles. The molecule has 2 aromatic rings. The molecule has 27 heavy (non-hydrogen) atoms. The van der Waals surface area contributed by atoms with Gasteiger partial charge in [-0.25, -0.2) is 14.3 Å². The molecule has 1 aliphatic heterocycles. The van der Waals surface area contributed by atoms with Crippen LogP contribution in [0.1, 0.15) is 28.8 Å². The first kappa shape index (κ1) is 19.0. The van der Waals surface area contributed by atoms with Gasteiger partial charge in [0.25, 0.3) is 5.91 Å². The maximum atomic E-state index is 13.8. The van der Waals surface area contributed by atoms with Crippen molar-refractivity contribution in [3.05, 3.63) is 71.3 Å². The highest BCUT2D eigenvalue weighted by Gasteiger charge is 2.29. The third-order valence-electron chi connectivity index (χ3n) is 4.57. The maximum absolute atomic E-state index is 13.8. The Bertz CT molecular complexity index is 806. The molecule has 0 unspecified atom stereocenters. The van der Waals surface area contributed by atoms with E-state index in [2.05, 4.69) is 5.48 Å². The van der Waals surface area contributed by atoms with Crippen molar-refractivity contribution in [2.75, 3.05) is 13.1 Å². The van der Waals surface area contributed by atoms with Gasteiger partial charge in [0.05, 0.1) is 12.2 Å². The van der Waals surface area contributed by atoms with E-state index in [1.807, 2.05) is 30.3 Å². The summed E-state index contributed by atoms with van der Waals surface area (Å²) in [5.74, 6) is -2.61. The van der Waals surface area contributed by atoms with Crippen LogP contribution in [0.3, 0.4) is 0 Å². The first-order valence-corrected chi connectivity index (χ1v) is 8.74. The molecule has 0 aromatic heterocycles. The van der Waals surface area contributed by atoms with Crippen molar-refractivity contribution in [2.45, 2.75) is 19.4 Å². The summed E-state index contributed by atoms with van der Waals surface area (Å²) in [4.78, 5) is 31.3. The van der Waals surface area contributed by atoms with Gasteiger partial charge >= 0.3 is 0 Å². The third kappa shape index (κ3) is 4.89. The summed E-state index contributed by atoms with van der Waals surface area (Å²) >= 11 is 0. The Balaban J connectivity index is 1.46. The van der Waals surface area contributed by atoms with Gasteiger partial charge in [0, 0.05) is 25.1 Å². The lowest BCUT2D eigenvalue weighted by Gasteiger charge is -2.31. The predicted molar refractivity (Wildman–Crippen MR) is 94.4 cm³/mol. The van der Waals surface area contributed by atoms with Gasteiger partial charge in [-0.2, -0.15) is 0 Å². The minimum absolute atomic E-state index is 0.162. The molecule has 1 aliphatic rings. The second-order valence-electron chi connectivity index (χ2n) is 6.43. The van der Waals surface area contributed by atoms with E-state index in [0.29, 0.717) is 32.0 Å². The lowest BCUT2D eigenvalue weighted by molar-refractivity contribution is -0.140. The van der Waals surface area contributed by atoms with Crippen molar-refractivity contribution in [2.24, 2.45) is 5.92 Å². The highest BCUT2D eigenvalue weighted by Crippen LogP contribution is 2.20. The number of hydroxylamine groups is 1. The molecule has 1 saturated heterocycles. The zero-order valence-corrected chi connectivity index (χ0v) is 14.7. The van der Waals surface area contributed by atoms with Crippen LogP contribution in [-0.4, -0.2) is 29.8 Å². The number of benzene rings is 2. The Labute approximate surface area is 155 Å². The molecule has 0 atom stereocenters. The fourth-order valence-electron chi connectivity index (χ4n) is 3.03. The molecule has 5 nitrogen and oxygen atoms in total. The SMILES string of the molecule is O=C(NOCc1ccccc1)C1CCN(C(=O)c2ccc(F)cc2F)CC1. The average Bonchev–Trinajstić information content (AvgIpc) is 2.68. The quantitative estimate of drug-likeness (QED) is 0.819. The highest BCUT2D eigenvalue weighted by atomic mass is 19.1. The van der Waals surface area contributed by atoms with Gasteiger partial charge in [0.2, 0.25) is 5.91 Å². The number of halogens is 2. The van der Waals surface area contributed by atoms with Crippen LogP contribution in [0.15, 0.2) is 48.5 Å². The molecule has 0 saturated carbocycles. The first-order valence-electron chi connectivity index (χ1n) is 8.74. The lowest BCUT2D eigenvalue weighted by Crippen LogP contribution is -2.43. The first-order chi connectivity index (χ1) is 13.0. The van der Waals surface area contributed by atoms with Crippen LogP contribution in [0.4, 0.5) is 8.78 Å². The zero-order valence-electron chi connectivity index (χ0n) is 14.7. The number of carbonyl (C=O) groups excluding carboxylic acids is 2. The molecule has 3 rings (SSSR count). The third-order valence-corrected chi connectivity index (χ3v) is 4.57. The van der Waals surface area contributed by atoms with Crippen LogP contribution in [0, 0.1) is 17.6 Å². The van der Waals surface area contributed by atoms with Gasteiger partial charge in [-0.05, 0) is 30.5 Å². The normalized spacial score (nSPS) is 14.8. The minimum atomic E-state index is -0.880. The fourth-order valence-corrected chi connectivity index (χ4v) is 3.03. The number of carbonyl (C=O) groups is 2. The van der Waals surface area contributed by atoms with Crippen molar-refractivity contribution in [1.29, 1.82) is 0 Å². The molecule has 1 N–H and O–H groups in total. The predicted octanol–water partition coefficient (Wildman–Crippen LogP) is 3.07. The molecule has 142 valence electrons. The lowest BCUT2D eigenvalue weighted by atomic mass is 9.95. The van der Waals surface area contributed by atoms with Crippen LogP contribution in [-0.2, 0) is 16.2 Å². The summed E-state index contributed by atoms with van der Waals surface area (Å²) < 4.78 is 26.8. The van der Waals surface area contributed by atoms with Crippen LogP contribution in [0.5, 0.6) is 0 Å². The van der Waals surface area contributed by atoms with Crippen LogP contribution >= 0.6 is 0 Å². The molecule has 0 bridgehead atoms. The minimum Gasteiger partial charge on any atom is -0.339 e. The second kappa shape index (κ2) is 8.73. The van der Waals surface area contributed by atoms with E-state index in [1.54, 1.807) is 0 Å². The smallest absolute Gasteiger partial charge is 0.256 e. The number of amides is 2. The number of hydrogen-bond donors (Lipinski definition) is 1. The van der Waals surface area contributed by atoms with Crippen LogP contribution < -0.4 is 5.48 Å². The van der Waals surface area contributed by atoms with Crippen molar-refractivity contribution >= 4 is 11.8 Å². The molecule has 0 spiro atoms. The standard InChI is InChI=1S/C20H20F2N2O3/c21-16-6-7-17(18(22)12-16)20(26)24-10-8-15(9-11-24)19(25)23-27-13-14-4-2-1-3-5-14/h1-7,12,15H,8-11,13H2,(H,23,25). The van der Waals surface area contributed by atoms with Gasteiger partial charge in [0.1, 0.15) is 11.6 Å². The Morgan fingerprint density at radius 3 is 2.44 bits per heavy atom. The molecule has 1 heterocycles. The number of nitrogens with zero attached hydrogens (tertiary/aromatic N) is 1. The second-order valence-corrected chi connectivity index (χ2v) is 6.43. The van der Waals surface area contributed by atoms with Gasteiger partial charge in [0.15, 0.2) is 0 Å². The van der Waals surface area contributed by atoms with Crippen molar-refractivity contribution in [3.8, 4) is 0 Å². The number of rotatable bonds is 5. The maximum Gasteiger partial charge on any atom is 0.256 e. The highest BCUT2D eigenvalue weighted by molar-refractivity contribution is 5.94. The van der Waals surface area contributed by atoms with E-state index in [4.69, 9.17) is 4.84 Å². The number of piperidine rings is 1. The average molecular weight is 374 g/mol. The molecule has 2 aromatic carbocycles. The Hall–Kier alpha value is -2.80. The summed E-state index contributed by atoms with van der Waals surface area (Å²) in [5.41, 5.74) is 3.23. The van der Waals surface area contributed by atoms with E-state index in [9.17, 15) is 18.4 Å². The van der Waals surface area contributed by atoms with Crippen LogP contribution in [0.25, 0.3) is 0 Å². The van der Waals surface area contributed by atoms with E-state index < -0.39 is 17.5 Å². The summed E-state index contributed by atoms with van der Waals surface area (Å²) in [7, 11) is 0. The van der Waals surface area contributed by atoms with E-state index in [1.165, 1.54) is 4.90 Å². The summed E-state index contributed by atoms with van der Waals surface area (Å²) in [6.45, 7) is 0.923. The summed E-state index contributed by atoms with van der Waals surface area (Å²) in [5, 5.41) is 0. The summed E-state index contributed by atoms with van der Waals surface area (Å²) in [6, 6.07) is 12.3. The van der Waals surface area contributed by atoms with E-state index in [0.717, 1.165) is 17.7 Å². The topological polar surface area (TPSA) is 58.6 Å².